The Morgan fingerprint density at radius 3 is 2.65 bits per heavy atom. The highest BCUT2D eigenvalue weighted by molar-refractivity contribution is 7.15. The molecule has 10 nitrogen and oxygen atoms in total. The third-order valence-electron chi connectivity index (χ3n) is 7.40. The van der Waals surface area contributed by atoms with Crippen molar-refractivity contribution in [3.8, 4) is 10.4 Å². The summed E-state index contributed by atoms with van der Waals surface area (Å²) in [6, 6.07) is 7.82. The molecule has 214 valence electrons. The Kier molecular flexibility index (Phi) is 8.70. The Morgan fingerprint density at radius 1 is 1.15 bits per heavy atom. The van der Waals surface area contributed by atoms with Crippen molar-refractivity contribution in [3.63, 3.8) is 0 Å². The van der Waals surface area contributed by atoms with Crippen molar-refractivity contribution < 1.29 is 19.1 Å². The Balaban J connectivity index is 1.36. The van der Waals surface area contributed by atoms with Gasteiger partial charge in [-0.05, 0) is 77.8 Å². The summed E-state index contributed by atoms with van der Waals surface area (Å²) in [5.41, 5.74) is 8.41. The number of carbonyl (C=O) groups is 2. The second-order valence-electron chi connectivity index (χ2n) is 10.9. The number of amides is 2. The maximum absolute atomic E-state index is 13.3. The number of aromatic nitrogens is 3. The van der Waals surface area contributed by atoms with E-state index in [0.29, 0.717) is 17.3 Å². The van der Waals surface area contributed by atoms with E-state index in [2.05, 4.69) is 10.6 Å². The molecular formula is C29H38N6O4S. The molecule has 1 unspecified atom stereocenters. The van der Waals surface area contributed by atoms with Crippen LogP contribution >= 0.6 is 11.3 Å². The highest BCUT2D eigenvalue weighted by Gasteiger charge is 2.27. The lowest BCUT2D eigenvalue weighted by molar-refractivity contribution is -0.0404. The fourth-order valence-electron chi connectivity index (χ4n) is 5.46. The molecule has 1 aromatic carbocycles. The second kappa shape index (κ2) is 12.4. The molecule has 1 aliphatic carbocycles. The first kappa shape index (κ1) is 28.1. The van der Waals surface area contributed by atoms with E-state index in [9.17, 15) is 9.59 Å². The first-order valence-electron chi connectivity index (χ1n) is 14.1. The monoisotopic (exact) mass is 566 g/mol. The van der Waals surface area contributed by atoms with Crippen LogP contribution in [0.25, 0.3) is 10.4 Å². The highest BCUT2D eigenvalue weighted by Crippen LogP contribution is 2.39. The fourth-order valence-corrected chi connectivity index (χ4v) is 6.59. The number of hydrogen-bond acceptors (Lipinski definition) is 8. The maximum Gasteiger partial charge on any atom is 0.404 e. The third kappa shape index (κ3) is 6.64. The number of anilines is 2. The first-order chi connectivity index (χ1) is 19.3. The van der Waals surface area contributed by atoms with E-state index in [-0.39, 0.29) is 24.3 Å². The van der Waals surface area contributed by atoms with Crippen LogP contribution in [-0.4, -0.2) is 45.5 Å². The van der Waals surface area contributed by atoms with Gasteiger partial charge in [0.1, 0.15) is 6.10 Å². The molecular weight excluding hydrogens is 528 g/mol. The minimum Gasteiger partial charge on any atom is -0.446 e. The molecule has 2 fully saturated rings. The Morgan fingerprint density at radius 2 is 1.95 bits per heavy atom. The normalized spacial score (nSPS) is 21.2. The summed E-state index contributed by atoms with van der Waals surface area (Å²) in [6.45, 7) is 6.68. The molecule has 3 aromatic rings. The maximum atomic E-state index is 13.3. The van der Waals surface area contributed by atoms with Crippen molar-refractivity contribution in [2.24, 2.45) is 5.73 Å². The van der Waals surface area contributed by atoms with Gasteiger partial charge in [0.2, 0.25) is 0 Å². The lowest BCUT2D eigenvalue weighted by Crippen LogP contribution is -2.30. The van der Waals surface area contributed by atoms with Gasteiger partial charge in [-0.1, -0.05) is 6.07 Å². The topological polar surface area (TPSA) is 133 Å². The lowest BCUT2D eigenvalue weighted by atomic mass is 9.88. The zero-order chi connectivity index (χ0) is 28.2. The standard InChI is InChI=1S/C29H38N6O4S/c1-17(2)32-27(36)23-15-20(33-25-14-18(3)35(34-25)26-6-4-5-13-38-26)9-12-22(23)24-16-31-28(40-24)19-7-10-21(11-8-19)39-29(30)37/h9,12,14-17,19,21,26H,4-8,10-11,13H2,1-3H3,(H2,30,37)(H,32,36)(H,33,34). The van der Waals surface area contributed by atoms with E-state index in [0.717, 1.165) is 78.4 Å². The van der Waals surface area contributed by atoms with Gasteiger partial charge in [0, 0.05) is 47.8 Å². The van der Waals surface area contributed by atoms with E-state index in [1.54, 1.807) is 11.3 Å². The molecule has 3 heterocycles. The number of nitrogens with zero attached hydrogens (tertiary/aromatic N) is 3. The molecule has 2 aliphatic rings. The summed E-state index contributed by atoms with van der Waals surface area (Å²) in [5.74, 6) is 0.877. The van der Waals surface area contributed by atoms with Crippen LogP contribution in [0.15, 0.2) is 30.5 Å². The third-order valence-corrected chi connectivity index (χ3v) is 8.60. The fraction of sp³-hybridized carbons (Fsp3) is 0.517. The number of benzene rings is 1. The van der Waals surface area contributed by atoms with Gasteiger partial charge in [-0.15, -0.1) is 11.3 Å². The van der Waals surface area contributed by atoms with Crippen LogP contribution in [0, 0.1) is 6.92 Å². The quantitative estimate of drug-likeness (QED) is 0.304. The highest BCUT2D eigenvalue weighted by atomic mass is 32.1. The van der Waals surface area contributed by atoms with Gasteiger partial charge in [-0.2, -0.15) is 5.10 Å². The van der Waals surface area contributed by atoms with Crippen LogP contribution < -0.4 is 16.4 Å². The summed E-state index contributed by atoms with van der Waals surface area (Å²) in [5, 5.41) is 12.2. The van der Waals surface area contributed by atoms with Gasteiger partial charge in [-0.3, -0.25) is 4.79 Å². The molecule has 4 N–H and O–H groups in total. The van der Waals surface area contributed by atoms with E-state index >= 15 is 0 Å². The molecule has 0 radical (unpaired) electrons. The number of hydrogen-bond donors (Lipinski definition) is 3. The van der Waals surface area contributed by atoms with Crippen LogP contribution in [0.3, 0.4) is 0 Å². The van der Waals surface area contributed by atoms with Crippen molar-refractivity contribution in [1.82, 2.24) is 20.1 Å². The molecule has 5 rings (SSSR count). The average molecular weight is 567 g/mol. The molecule has 0 bridgehead atoms. The van der Waals surface area contributed by atoms with Gasteiger partial charge < -0.3 is 25.8 Å². The summed E-state index contributed by atoms with van der Waals surface area (Å²) in [7, 11) is 0. The minimum atomic E-state index is -0.716. The van der Waals surface area contributed by atoms with Crippen molar-refractivity contribution in [1.29, 1.82) is 0 Å². The Labute approximate surface area is 238 Å². The number of nitrogens with two attached hydrogens (primary N) is 1. The van der Waals surface area contributed by atoms with E-state index < -0.39 is 6.09 Å². The first-order valence-corrected chi connectivity index (χ1v) is 14.9. The molecule has 2 aromatic heterocycles. The zero-order valence-corrected chi connectivity index (χ0v) is 24.1. The van der Waals surface area contributed by atoms with Crippen LogP contribution in [0.1, 0.15) is 92.0 Å². The second-order valence-corrected chi connectivity index (χ2v) is 12.0. The van der Waals surface area contributed by atoms with Crippen molar-refractivity contribution >= 4 is 34.8 Å². The van der Waals surface area contributed by atoms with Crippen LogP contribution in [-0.2, 0) is 9.47 Å². The summed E-state index contributed by atoms with van der Waals surface area (Å²) < 4.78 is 13.0. The minimum absolute atomic E-state index is 0.000587. The molecule has 40 heavy (non-hydrogen) atoms. The number of nitrogens with one attached hydrogen (secondary N) is 2. The molecule has 1 aliphatic heterocycles. The summed E-state index contributed by atoms with van der Waals surface area (Å²) >= 11 is 1.62. The molecule has 1 saturated carbocycles. The Bertz CT molecular complexity index is 1340. The van der Waals surface area contributed by atoms with Gasteiger partial charge in [-0.25, -0.2) is 14.5 Å². The predicted molar refractivity (Wildman–Crippen MR) is 155 cm³/mol. The van der Waals surface area contributed by atoms with E-state index in [1.807, 2.05) is 55.9 Å². The van der Waals surface area contributed by atoms with Gasteiger partial charge in [0.05, 0.1) is 15.4 Å². The molecule has 11 heteroatoms. The van der Waals surface area contributed by atoms with Gasteiger partial charge in [0.25, 0.3) is 5.91 Å². The van der Waals surface area contributed by atoms with E-state index in [1.165, 1.54) is 0 Å². The number of primary amides is 1. The molecule has 0 spiro atoms. The number of rotatable bonds is 8. The molecule has 2 amide bonds. The predicted octanol–water partition coefficient (Wildman–Crippen LogP) is 6.02. The summed E-state index contributed by atoms with van der Waals surface area (Å²) in [4.78, 5) is 30.1. The Hall–Kier alpha value is -3.44. The number of carbonyl (C=O) groups excluding carboxylic acids is 2. The van der Waals surface area contributed by atoms with Crippen LogP contribution in [0.4, 0.5) is 16.3 Å². The zero-order valence-electron chi connectivity index (χ0n) is 23.3. The molecule has 1 atom stereocenters. The van der Waals surface area contributed by atoms with Crippen molar-refractivity contribution in [3.05, 3.63) is 46.7 Å². The number of ether oxygens (including phenoxy) is 2. The van der Waals surface area contributed by atoms with Crippen molar-refractivity contribution in [2.75, 3.05) is 11.9 Å². The van der Waals surface area contributed by atoms with Crippen molar-refractivity contribution in [2.45, 2.75) is 90.0 Å². The van der Waals surface area contributed by atoms with Gasteiger partial charge in [0.15, 0.2) is 12.0 Å². The van der Waals surface area contributed by atoms with E-state index in [4.69, 9.17) is 25.3 Å². The van der Waals surface area contributed by atoms with Crippen LogP contribution in [0.5, 0.6) is 0 Å². The smallest absolute Gasteiger partial charge is 0.404 e. The number of thiazole rings is 1. The SMILES string of the molecule is Cc1cc(Nc2ccc(-c3cnc(C4CCC(OC(N)=O)CC4)s3)c(C(=O)NC(C)C)c2)nn1C1CCCCO1. The summed E-state index contributed by atoms with van der Waals surface area (Å²) in [6.07, 6.45) is 7.46. The molecule has 1 saturated heterocycles. The number of aryl methyl sites for hydroxylation is 1. The van der Waals surface area contributed by atoms with Gasteiger partial charge >= 0.3 is 6.09 Å². The average Bonchev–Trinajstić information content (AvgIpc) is 3.56. The largest absolute Gasteiger partial charge is 0.446 e. The lowest BCUT2D eigenvalue weighted by Gasteiger charge is -2.26. The van der Waals surface area contributed by atoms with Crippen LogP contribution in [0.2, 0.25) is 0 Å².